The predicted molar refractivity (Wildman–Crippen MR) is 78.8 cm³/mol. The standard InChI is InChI=1S/C16H31Cl/c1-2-12-16(17)15-13-10-8-6-4-3-5-7-9-11-14-15/h15-16H,2-14H2,1H3. The topological polar surface area (TPSA) is 0 Å². The van der Waals surface area contributed by atoms with Crippen molar-refractivity contribution in [3.05, 3.63) is 0 Å². The Morgan fingerprint density at radius 3 is 1.65 bits per heavy atom. The molecular weight excluding hydrogens is 228 g/mol. The zero-order valence-corrected chi connectivity index (χ0v) is 12.5. The molecule has 1 aliphatic carbocycles. The minimum absolute atomic E-state index is 0.447. The number of hydrogen-bond donors (Lipinski definition) is 0. The molecule has 1 fully saturated rings. The van der Waals surface area contributed by atoms with Crippen molar-refractivity contribution < 1.29 is 0 Å². The lowest BCUT2D eigenvalue weighted by molar-refractivity contribution is 0.370. The molecule has 1 atom stereocenters. The van der Waals surface area contributed by atoms with E-state index < -0.39 is 0 Å². The van der Waals surface area contributed by atoms with E-state index in [0.29, 0.717) is 5.38 Å². The van der Waals surface area contributed by atoms with Crippen molar-refractivity contribution in [2.75, 3.05) is 0 Å². The van der Waals surface area contributed by atoms with Crippen LogP contribution >= 0.6 is 11.6 Å². The van der Waals surface area contributed by atoms with Crippen molar-refractivity contribution in [2.24, 2.45) is 5.92 Å². The molecule has 0 bridgehead atoms. The molecule has 0 aromatic heterocycles. The quantitative estimate of drug-likeness (QED) is 0.520. The average Bonchev–Trinajstić information content (AvgIpc) is 2.30. The van der Waals surface area contributed by atoms with E-state index in [-0.39, 0.29) is 0 Å². The molecule has 0 radical (unpaired) electrons. The largest absolute Gasteiger partial charge is 0.123 e. The molecule has 1 rings (SSSR count). The minimum atomic E-state index is 0.447. The Morgan fingerprint density at radius 2 is 1.24 bits per heavy atom. The smallest absolute Gasteiger partial charge is 0.0364 e. The summed E-state index contributed by atoms with van der Waals surface area (Å²) >= 11 is 6.55. The number of alkyl halides is 1. The molecule has 0 N–H and O–H groups in total. The van der Waals surface area contributed by atoms with Crippen LogP contribution in [0.15, 0.2) is 0 Å². The first-order valence-electron chi connectivity index (χ1n) is 7.98. The van der Waals surface area contributed by atoms with Crippen molar-refractivity contribution in [1.29, 1.82) is 0 Å². The van der Waals surface area contributed by atoms with E-state index in [1.807, 2.05) is 0 Å². The van der Waals surface area contributed by atoms with E-state index in [1.165, 1.54) is 83.5 Å². The third-order valence-electron chi connectivity index (χ3n) is 4.23. The zero-order chi connectivity index (χ0) is 12.3. The Bertz CT molecular complexity index is 155. The maximum Gasteiger partial charge on any atom is 0.0364 e. The first-order valence-corrected chi connectivity index (χ1v) is 8.42. The second-order valence-electron chi connectivity index (χ2n) is 5.82. The monoisotopic (exact) mass is 258 g/mol. The van der Waals surface area contributed by atoms with Gasteiger partial charge in [-0.25, -0.2) is 0 Å². The van der Waals surface area contributed by atoms with Crippen LogP contribution in [0, 0.1) is 5.92 Å². The van der Waals surface area contributed by atoms with Gasteiger partial charge in [-0.2, -0.15) is 0 Å². The van der Waals surface area contributed by atoms with E-state index in [0.717, 1.165) is 5.92 Å². The second kappa shape index (κ2) is 10.2. The van der Waals surface area contributed by atoms with Crippen LogP contribution in [-0.4, -0.2) is 5.38 Å². The van der Waals surface area contributed by atoms with Crippen LogP contribution in [0.5, 0.6) is 0 Å². The number of rotatable bonds is 3. The van der Waals surface area contributed by atoms with E-state index in [2.05, 4.69) is 6.92 Å². The summed E-state index contributed by atoms with van der Waals surface area (Å²) in [6, 6.07) is 0. The molecule has 0 aromatic rings. The highest BCUT2D eigenvalue weighted by atomic mass is 35.5. The Morgan fingerprint density at radius 1 is 0.824 bits per heavy atom. The fourth-order valence-corrected chi connectivity index (χ4v) is 3.54. The van der Waals surface area contributed by atoms with Gasteiger partial charge in [0.2, 0.25) is 0 Å². The van der Waals surface area contributed by atoms with E-state index in [9.17, 15) is 0 Å². The molecule has 0 saturated heterocycles. The lowest BCUT2D eigenvalue weighted by Crippen LogP contribution is -2.15. The first kappa shape index (κ1) is 15.3. The molecule has 1 saturated carbocycles. The summed E-state index contributed by atoms with van der Waals surface area (Å²) < 4.78 is 0. The summed E-state index contributed by atoms with van der Waals surface area (Å²) in [6.45, 7) is 2.25. The highest BCUT2D eigenvalue weighted by Crippen LogP contribution is 2.28. The van der Waals surface area contributed by atoms with Gasteiger partial charge in [0.1, 0.15) is 0 Å². The normalized spacial score (nSPS) is 23.6. The van der Waals surface area contributed by atoms with Crippen LogP contribution in [0.4, 0.5) is 0 Å². The summed E-state index contributed by atoms with van der Waals surface area (Å²) in [5.41, 5.74) is 0. The van der Waals surface area contributed by atoms with Gasteiger partial charge in [0.05, 0.1) is 0 Å². The van der Waals surface area contributed by atoms with Crippen LogP contribution in [0.1, 0.15) is 90.4 Å². The van der Waals surface area contributed by atoms with E-state index in [4.69, 9.17) is 11.6 Å². The molecule has 0 heterocycles. The van der Waals surface area contributed by atoms with Crippen molar-refractivity contribution in [3.63, 3.8) is 0 Å². The lowest BCUT2D eigenvalue weighted by Gasteiger charge is -2.22. The maximum atomic E-state index is 6.55. The van der Waals surface area contributed by atoms with Crippen molar-refractivity contribution >= 4 is 11.6 Å². The molecule has 1 heteroatoms. The van der Waals surface area contributed by atoms with Gasteiger partial charge < -0.3 is 0 Å². The van der Waals surface area contributed by atoms with Crippen LogP contribution in [0.25, 0.3) is 0 Å². The SMILES string of the molecule is CCCC(Cl)C1CCCCCCCCCCC1. The van der Waals surface area contributed by atoms with Gasteiger partial charge in [-0.15, -0.1) is 11.6 Å². The summed E-state index contributed by atoms with van der Waals surface area (Å²) in [4.78, 5) is 0. The molecule has 0 spiro atoms. The van der Waals surface area contributed by atoms with Crippen LogP contribution in [-0.2, 0) is 0 Å². The summed E-state index contributed by atoms with van der Waals surface area (Å²) in [5, 5.41) is 0.447. The fraction of sp³-hybridized carbons (Fsp3) is 1.00. The van der Waals surface area contributed by atoms with Gasteiger partial charge in [-0.05, 0) is 25.2 Å². The van der Waals surface area contributed by atoms with Crippen molar-refractivity contribution in [2.45, 2.75) is 95.8 Å². The molecule has 0 amide bonds. The Hall–Kier alpha value is 0.290. The van der Waals surface area contributed by atoms with Gasteiger partial charge in [0.15, 0.2) is 0 Å². The minimum Gasteiger partial charge on any atom is -0.123 e. The number of halogens is 1. The summed E-state index contributed by atoms with van der Waals surface area (Å²) in [7, 11) is 0. The lowest BCUT2D eigenvalue weighted by atomic mass is 9.89. The maximum absolute atomic E-state index is 6.55. The molecule has 1 unspecified atom stereocenters. The van der Waals surface area contributed by atoms with Crippen LogP contribution in [0.2, 0.25) is 0 Å². The van der Waals surface area contributed by atoms with Crippen molar-refractivity contribution in [3.8, 4) is 0 Å². The predicted octanol–water partition coefficient (Wildman–Crippen LogP) is 6.31. The summed E-state index contributed by atoms with van der Waals surface area (Å²) in [5.74, 6) is 0.802. The highest BCUT2D eigenvalue weighted by molar-refractivity contribution is 6.20. The number of hydrogen-bond acceptors (Lipinski definition) is 0. The second-order valence-corrected chi connectivity index (χ2v) is 6.38. The molecular formula is C16H31Cl. The highest BCUT2D eigenvalue weighted by Gasteiger charge is 2.17. The molecule has 102 valence electrons. The Labute approximate surface area is 114 Å². The van der Waals surface area contributed by atoms with Gasteiger partial charge in [-0.1, -0.05) is 71.1 Å². The molecule has 17 heavy (non-hydrogen) atoms. The average molecular weight is 259 g/mol. The van der Waals surface area contributed by atoms with Gasteiger partial charge in [-0.3, -0.25) is 0 Å². The van der Waals surface area contributed by atoms with E-state index >= 15 is 0 Å². The third kappa shape index (κ3) is 7.34. The fourth-order valence-electron chi connectivity index (χ4n) is 3.07. The van der Waals surface area contributed by atoms with E-state index in [1.54, 1.807) is 0 Å². The molecule has 0 aromatic carbocycles. The van der Waals surface area contributed by atoms with Gasteiger partial charge in [0.25, 0.3) is 0 Å². The van der Waals surface area contributed by atoms with Gasteiger partial charge >= 0.3 is 0 Å². The van der Waals surface area contributed by atoms with Crippen LogP contribution < -0.4 is 0 Å². The molecule has 0 nitrogen and oxygen atoms in total. The molecule has 0 aliphatic heterocycles. The molecule has 1 aliphatic rings. The summed E-state index contributed by atoms with van der Waals surface area (Å²) in [6.07, 6.45) is 18.2. The van der Waals surface area contributed by atoms with Gasteiger partial charge in [0, 0.05) is 5.38 Å². The first-order chi connectivity index (χ1) is 8.34. The third-order valence-corrected chi connectivity index (χ3v) is 4.80. The van der Waals surface area contributed by atoms with Crippen molar-refractivity contribution in [1.82, 2.24) is 0 Å². The Balaban J connectivity index is 2.31. The zero-order valence-electron chi connectivity index (χ0n) is 11.7. The Kier molecular flexibility index (Phi) is 9.24. The van der Waals surface area contributed by atoms with Crippen LogP contribution in [0.3, 0.4) is 0 Å².